The first-order valence-corrected chi connectivity index (χ1v) is 5.85. The van der Waals surface area contributed by atoms with E-state index >= 15 is 0 Å². The number of carbonyl (C=O) groups excluding carboxylic acids is 1. The summed E-state index contributed by atoms with van der Waals surface area (Å²) in [6.07, 6.45) is 4.86. The molecule has 0 aromatic heterocycles. The lowest BCUT2D eigenvalue weighted by Crippen LogP contribution is -2.56. The quantitative estimate of drug-likeness (QED) is 0.704. The van der Waals surface area contributed by atoms with Gasteiger partial charge in [-0.2, -0.15) is 0 Å². The number of esters is 1. The van der Waals surface area contributed by atoms with E-state index in [9.17, 15) is 4.79 Å². The van der Waals surface area contributed by atoms with Crippen molar-refractivity contribution >= 4 is 5.97 Å². The minimum absolute atomic E-state index is 0.106. The Morgan fingerprint density at radius 2 is 2.13 bits per heavy atom. The first-order valence-electron chi connectivity index (χ1n) is 5.85. The van der Waals surface area contributed by atoms with Crippen LogP contribution in [0.25, 0.3) is 0 Å². The van der Waals surface area contributed by atoms with E-state index in [4.69, 9.17) is 4.74 Å². The molecule has 0 aliphatic heterocycles. The maximum Gasteiger partial charge on any atom is 0.326 e. The summed E-state index contributed by atoms with van der Waals surface area (Å²) in [5.74, 6) is 0.680. The second-order valence-electron chi connectivity index (χ2n) is 5.50. The van der Waals surface area contributed by atoms with Gasteiger partial charge in [0, 0.05) is 0 Å². The third-order valence-electron chi connectivity index (χ3n) is 4.24. The standard InChI is InChI=1S/C12H21NO2/c1-11(6-7-11)12(2,10(14)15-3)13-8-9-4-5-9/h9,13H,4-8H2,1-3H3. The molecule has 0 aromatic carbocycles. The van der Waals surface area contributed by atoms with Gasteiger partial charge < -0.3 is 10.1 Å². The third-order valence-corrected chi connectivity index (χ3v) is 4.24. The van der Waals surface area contributed by atoms with Crippen molar-refractivity contribution < 1.29 is 9.53 Å². The van der Waals surface area contributed by atoms with Crippen LogP contribution in [-0.2, 0) is 9.53 Å². The second-order valence-corrected chi connectivity index (χ2v) is 5.50. The molecule has 1 unspecified atom stereocenters. The van der Waals surface area contributed by atoms with Crippen molar-refractivity contribution in [1.82, 2.24) is 5.32 Å². The van der Waals surface area contributed by atoms with Gasteiger partial charge in [-0.15, -0.1) is 0 Å². The van der Waals surface area contributed by atoms with Crippen LogP contribution in [0, 0.1) is 11.3 Å². The number of hydrogen-bond acceptors (Lipinski definition) is 3. The van der Waals surface area contributed by atoms with Crippen molar-refractivity contribution in [1.29, 1.82) is 0 Å². The number of hydrogen-bond donors (Lipinski definition) is 1. The normalized spacial score (nSPS) is 26.9. The van der Waals surface area contributed by atoms with E-state index in [-0.39, 0.29) is 11.4 Å². The van der Waals surface area contributed by atoms with E-state index in [1.54, 1.807) is 0 Å². The van der Waals surface area contributed by atoms with Gasteiger partial charge in [0.25, 0.3) is 0 Å². The maximum absolute atomic E-state index is 11.9. The van der Waals surface area contributed by atoms with Gasteiger partial charge >= 0.3 is 5.97 Å². The van der Waals surface area contributed by atoms with E-state index in [1.807, 2.05) is 6.92 Å². The van der Waals surface area contributed by atoms with Gasteiger partial charge in [-0.25, -0.2) is 0 Å². The van der Waals surface area contributed by atoms with Crippen LogP contribution in [-0.4, -0.2) is 25.2 Å². The molecule has 2 rings (SSSR count). The molecule has 2 fully saturated rings. The van der Waals surface area contributed by atoms with Crippen molar-refractivity contribution in [3.05, 3.63) is 0 Å². The summed E-state index contributed by atoms with van der Waals surface area (Å²) >= 11 is 0. The van der Waals surface area contributed by atoms with Gasteiger partial charge in [-0.05, 0) is 50.5 Å². The SMILES string of the molecule is COC(=O)C(C)(NCC1CC1)C1(C)CC1. The lowest BCUT2D eigenvalue weighted by Gasteiger charge is -2.34. The average Bonchev–Trinajstić information content (AvgIpc) is 3.09. The maximum atomic E-state index is 11.9. The molecule has 0 radical (unpaired) electrons. The molecular weight excluding hydrogens is 190 g/mol. The van der Waals surface area contributed by atoms with Gasteiger partial charge in [-0.1, -0.05) is 6.92 Å². The fourth-order valence-electron chi connectivity index (χ4n) is 2.09. The summed E-state index contributed by atoms with van der Waals surface area (Å²) < 4.78 is 4.93. The van der Waals surface area contributed by atoms with Gasteiger partial charge in [0.2, 0.25) is 0 Å². The molecule has 2 aliphatic rings. The zero-order chi connectivity index (χ0) is 11.1. The van der Waals surface area contributed by atoms with Crippen LogP contribution < -0.4 is 5.32 Å². The molecule has 15 heavy (non-hydrogen) atoms. The Balaban J connectivity index is 2.03. The Hall–Kier alpha value is -0.570. The highest BCUT2D eigenvalue weighted by Gasteiger charge is 2.58. The summed E-state index contributed by atoms with van der Waals surface area (Å²) in [6, 6.07) is 0. The molecule has 0 bridgehead atoms. The first-order chi connectivity index (χ1) is 7.02. The zero-order valence-corrected chi connectivity index (χ0v) is 9.93. The summed E-state index contributed by atoms with van der Waals surface area (Å²) in [6.45, 7) is 5.12. The zero-order valence-electron chi connectivity index (χ0n) is 9.93. The Bertz CT molecular complexity index is 269. The second kappa shape index (κ2) is 3.48. The van der Waals surface area contributed by atoms with Crippen LogP contribution in [0.1, 0.15) is 39.5 Å². The lowest BCUT2D eigenvalue weighted by molar-refractivity contribution is -0.151. The molecule has 3 nitrogen and oxygen atoms in total. The molecule has 2 aliphatic carbocycles. The van der Waals surface area contributed by atoms with E-state index in [2.05, 4.69) is 12.2 Å². The molecule has 0 heterocycles. The van der Waals surface area contributed by atoms with Crippen molar-refractivity contribution in [2.45, 2.75) is 45.1 Å². The predicted octanol–water partition coefficient (Wildman–Crippen LogP) is 1.72. The largest absolute Gasteiger partial charge is 0.468 e. The number of methoxy groups -OCH3 is 1. The molecule has 1 N–H and O–H groups in total. The van der Waals surface area contributed by atoms with Crippen molar-refractivity contribution in [3.63, 3.8) is 0 Å². The van der Waals surface area contributed by atoms with Crippen LogP contribution in [0.3, 0.4) is 0 Å². The van der Waals surface area contributed by atoms with Gasteiger partial charge in [-0.3, -0.25) is 4.79 Å². The summed E-state index contributed by atoms with van der Waals surface area (Å²) in [4.78, 5) is 11.9. The van der Waals surface area contributed by atoms with Crippen LogP contribution in [0.15, 0.2) is 0 Å². The number of rotatable bonds is 5. The highest BCUT2D eigenvalue weighted by Crippen LogP contribution is 2.54. The van der Waals surface area contributed by atoms with E-state index in [1.165, 1.54) is 20.0 Å². The molecule has 3 heteroatoms. The molecule has 1 atom stereocenters. The summed E-state index contributed by atoms with van der Waals surface area (Å²) in [5.41, 5.74) is -0.376. The fourth-order valence-corrected chi connectivity index (χ4v) is 2.09. The smallest absolute Gasteiger partial charge is 0.326 e. The number of ether oxygens (including phenoxy) is 1. The third kappa shape index (κ3) is 1.89. The van der Waals surface area contributed by atoms with Gasteiger partial charge in [0.1, 0.15) is 5.54 Å². The van der Waals surface area contributed by atoms with Crippen LogP contribution in [0.2, 0.25) is 0 Å². The molecule has 0 saturated heterocycles. The van der Waals surface area contributed by atoms with E-state index < -0.39 is 5.54 Å². The van der Waals surface area contributed by atoms with Crippen molar-refractivity contribution in [2.24, 2.45) is 11.3 Å². The number of carbonyl (C=O) groups is 1. The topological polar surface area (TPSA) is 38.3 Å². The van der Waals surface area contributed by atoms with Crippen molar-refractivity contribution in [2.75, 3.05) is 13.7 Å². The van der Waals surface area contributed by atoms with Gasteiger partial charge in [0.15, 0.2) is 0 Å². The molecule has 0 spiro atoms. The molecule has 0 aromatic rings. The minimum atomic E-state index is -0.482. The number of nitrogens with one attached hydrogen (secondary N) is 1. The Morgan fingerprint density at radius 1 is 1.53 bits per heavy atom. The Kier molecular flexibility index (Phi) is 2.53. The molecule has 0 amide bonds. The van der Waals surface area contributed by atoms with E-state index in [0.29, 0.717) is 0 Å². The summed E-state index contributed by atoms with van der Waals surface area (Å²) in [5, 5.41) is 3.44. The van der Waals surface area contributed by atoms with Crippen LogP contribution in [0.5, 0.6) is 0 Å². The van der Waals surface area contributed by atoms with E-state index in [0.717, 1.165) is 25.3 Å². The predicted molar refractivity (Wildman–Crippen MR) is 58.5 cm³/mol. The highest BCUT2D eigenvalue weighted by atomic mass is 16.5. The van der Waals surface area contributed by atoms with Crippen LogP contribution in [0.4, 0.5) is 0 Å². The van der Waals surface area contributed by atoms with Crippen LogP contribution >= 0.6 is 0 Å². The fraction of sp³-hybridized carbons (Fsp3) is 0.917. The first kappa shape index (κ1) is 10.9. The van der Waals surface area contributed by atoms with Crippen molar-refractivity contribution in [3.8, 4) is 0 Å². The Morgan fingerprint density at radius 3 is 2.53 bits per heavy atom. The summed E-state index contributed by atoms with van der Waals surface area (Å²) in [7, 11) is 1.48. The Labute approximate surface area is 91.6 Å². The minimum Gasteiger partial charge on any atom is -0.468 e. The molecule has 2 saturated carbocycles. The molecular formula is C12H21NO2. The monoisotopic (exact) mass is 211 g/mol. The highest BCUT2D eigenvalue weighted by molar-refractivity contribution is 5.82. The lowest BCUT2D eigenvalue weighted by atomic mass is 9.83. The average molecular weight is 211 g/mol. The molecule has 86 valence electrons. The van der Waals surface area contributed by atoms with Gasteiger partial charge in [0.05, 0.1) is 7.11 Å².